The van der Waals surface area contributed by atoms with Crippen LogP contribution in [0.15, 0.2) is 41.2 Å². The Balaban J connectivity index is 1.32. The number of hydrogen-bond donors (Lipinski definition) is 1. The minimum absolute atomic E-state index is 0.103. The highest BCUT2D eigenvalue weighted by Gasteiger charge is 2.45. The van der Waals surface area contributed by atoms with Crippen molar-refractivity contribution in [3.63, 3.8) is 0 Å². The molecule has 0 spiro atoms. The van der Waals surface area contributed by atoms with Crippen molar-refractivity contribution >= 4 is 22.7 Å². The molecule has 7 rings (SSSR count). The summed E-state index contributed by atoms with van der Waals surface area (Å²) in [4.78, 5) is 36.2. The summed E-state index contributed by atoms with van der Waals surface area (Å²) in [6.45, 7) is 2.43. The van der Waals surface area contributed by atoms with Gasteiger partial charge >= 0.3 is 5.97 Å². The Bertz CT molecular complexity index is 1350. The second-order valence-corrected chi connectivity index (χ2v) is 9.73. The van der Waals surface area contributed by atoms with Crippen LogP contribution >= 0.6 is 0 Å². The van der Waals surface area contributed by atoms with Crippen LogP contribution < -0.4 is 20.3 Å². The van der Waals surface area contributed by atoms with Crippen LogP contribution in [-0.4, -0.2) is 63.9 Å². The van der Waals surface area contributed by atoms with E-state index in [2.05, 4.69) is 20.2 Å². The predicted molar refractivity (Wildman–Crippen MR) is 132 cm³/mol. The molecular weight excluding hydrogens is 462 g/mol. The lowest BCUT2D eigenvalue weighted by Crippen LogP contribution is -2.59. The van der Waals surface area contributed by atoms with E-state index < -0.39 is 0 Å². The van der Waals surface area contributed by atoms with Crippen LogP contribution in [0.1, 0.15) is 31.4 Å². The van der Waals surface area contributed by atoms with E-state index in [0.29, 0.717) is 55.4 Å². The summed E-state index contributed by atoms with van der Waals surface area (Å²) in [5.41, 5.74) is 1.90. The van der Waals surface area contributed by atoms with Crippen LogP contribution in [0.4, 0.5) is 5.69 Å². The lowest BCUT2D eigenvalue weighted by atomic mass is 9.76. The number of carbonyl (C=O) groups is 1. The quantitative estimate of drug-likeness (QED) is 0.498. The third kappa shape index (κ3) is 4.20. The molecule has 2 bridgehead atoms. The highest BCUT2D eigenvalue weighted by atomic mass is 16.5. The number of pyridine rings is 3. The molecular formula is C26H29N5O5. The summed E-state index contributed by atoms with van der Waals surface area (Å²) < 4.78 is 18.5. The van der Waals surface area contributed by atoms with Gasteiger partial charge in [0.1, 0.15) is 12.2 Å². The van der Waals surface area contributed by atoms with Gasteiger partial charge in [-0.15, -0.1) is 0 Å². The third-order valence-corrected chi connectivity index (χ3v) is 7.64. The maximum atomic E-state index is 12.9. The first-order valence-corrected chi connectivity index (χ1v) is 12.4. The first kappa shape index (κ1) is 22.9. The smallest absolute Gasteiger partial charge is 0.332 e. The molecule has 1 saturated carbocycles. The van der Waals surface area contributed by atoms with Crippen LogP contribution in [0.3, 0.4) is 0 Å². The van der Waals surface area contributed by atoms with E-state index in [1.165, 1.54) is 0 Å². The summed E-state index contributed by atoms with van der Waals surface area (Å²) in [5, 5.41) is 3.92. The molecule has 0 atom stereocenters. The molecule has 10 nitrogen and oxygen atoms in total. The SMILES string of the molecule is COc1ccc2ccc(=O)n(CCN(Cc3ccc4c(n3)OC(=O)CN4)C34CCC(CC3)OC4)c2n1. The van der Waals surface area contributed by atoms with Gasteiger partial charge in [0, 0.05) is 42.7 Å². The summed E-state index contributed by atoms with van der Waals surface area (Å²) in [5.74, 6) is 0.434. The van der Waals surface area contributed by atoms with Gasteiger partial charge in [0.2, 0.25) is 11.8 Å². The van der Waals surface area contributed by atoms with Crippen molar-refractivity contribution in [3.8, 4) is 11.8 Å². The molecule has 2 saturated heterocycles. The molecule has 36 heavy (non-hydrogen) atoms. The van der Waals surface area contributed by atoms with Gasteiger partial charge in [0.05, 0.1) is 31.2 Å². The van der Waals surface area contributed by atoms with Crippen molar-refractivity contribution < 1.29 is 19.0 Å². The summed E-state index contributed by atoms with van der Waals surface area (Å²) in [6, 6.07) is 10.9. The normalized spacial score (nSPS) is 22.8. The fourth-order valence-corrected chi connectivity index (χ4v) is 5.58. The monoisotopic (exact) mass is 491 g/mol. The molecule has 0 radical (unpaired) electrons. The zero-order valence-electron chi connectivity index (χ0n) is 20.2. The molecule has 188 valence electrons. The highest BCUT2D eigenvalue weighted by molar-refractivity contribution is 5.82. The third-order valence-electron chi connectivity index (χ3n) is 7.64. The van der Waals surface area contributed by atoms with Crippen molar-refractivity contribution in [2.24, 2.45) is 0 Å². The summed E-state index contributed by atoms with van der Waals surface area (Å²) in [7, 11) is 1.57. The molecule has 4 aliphatic rings. The Hall–Kier alpha value is -3.50. The number of methoxy groups -OCH3 is 1. The van der Waals surface area contributed by atoms with Gasteiger partial charge in [-0.25, -0.2) is 9.78 Å². The van der Waals surface area contributed by atoms with Gasteiger partial charge in [0.15, 0.2) is 0 Å². The van der Waals surface area contributed by atoms with Crippen LogP contribution in [0, 0.1) is 0 Å². The summed E-state index contributed by atoms with van der Waals surface area (Å²) in [6.07, 6.45) is 4.48. The van der Waals surface area contributed by atoms with Crippen LogP contribution in [-0.2, 0) is 22.6 Å². The van der Waals surface area contributed by atoms with E-state index in [0.717, 1.165) is 36.8 Å². The number of hydrogen-bond acceptors (Lipinski definition) is 9. The molecule has 3 aromatic heterocycles. The molecule has 3 aliphatic heterocycles. The number of esters is 1. The second kappa shape index (κ2) is 9.18. The number of aromatic nitrogens is 3. The van der Waals surface area contributed by atoms with E-state index in [1.807, 2.05) is 18.2 Å². The van der Waals surface area contributed by atoms with Crippen molar-refractivity contribution in [1.29, 1.82) is 0 Å². The number of anilines is 1. The first-order valence-electron chi connectivity index (χ1n) is 12.4. The van der Waals surface area contributed by atoms with Crippen molar-refractivity contribution in [2.75, 3.05) is 32.1 Å². The Morgan fingerprint density at radius 3 is 2.75 bits per heavy atom. The van der Waals surface area contributed by atoms with E-state index in [-0.39, 0.29) is 23.6 Å². The standard InChI is InChI=1S/C26H29N5O5/c1-34-21-6-2-17-3-7-22(32)31(24(17)29-21)13-12-30(26-10-8-19(9-11-26)35-16-26)15-18-4-5-20-25(28-18)36-23(33)14-27-20/h2-7,19,27H,8-16H2,1H3. The molecule has 0 amide bonds. The first-order chi connectivity index (χ1) is 17.5. The molecule has 6 heterocycles. The lowest BCUT2D eigenvalue weighted by Gasteiger charge is -2.52. The summed E-state index contributed by atoms with van der Waals surface area (Å²) >= 11 is 0. The Labute approximate surface area is 208 Å². The van der Waals surface area contributed by atoms with Crippen LogP contribution in [0.5, 0.6) is 11.8 Å². The minimum Gasteiger partial charge on any atom is -0.481 e. The number of nitrogens with zero attached hydrogens (tertiary/aromatic N) is 4. The van der Waals surface area contributed by atoms with Crippen molar-refractivity contribution in [2.45, 2.75) is 50.4 Å². The zero-order chi connectivity index (χ0) is 24.7. The number of rotatable bonds is 7. The van der Waals surface area contributed by atoms with Crippen LogP contribution in [0.25, 0.3) is 11.0 Å². The molecule has 1 N–H and O–H groups in total. The van der Waals surface area contributed by atoms with Crippen LogP contribution in [0.2, 0.25) is 0 Å². The van der Waals surface area contributed by atoms with Crippen molar-refractivity contribution in [3.05, 3.63) is 52.4 Å². The van der Waals surface area contributed by atoms with E-state index in [9.17, 15) is 9.59 Å². The zero-order valence-corrected chi connectivity index (χ0v) is 20.2. The van der Waals surface area contributed by atoms with Gasteiger partial charge in [0.25, 0.3) is 5.56 Å². The fraction of sp³-hybridized carbons (Fsp3) is 0.462. The largest absolute Gasteiger partial charge is 0.481 e. The fourth-order valence-electron chi connectivity index (χ4n) is 5.58. The number of nitrogens with one attached hydrogen (secondary N) is 1. The maximum absolute atomic E-state index is 12.9. The van der Waals surface area contributed by atoms with Gasteiger partial charge in [-0.05, 0) is 49.9 Å². The van der Waals surface area contributed by atoms with Gasteiger partial charge < -0.3 is 19.5 Å². The number of ether oxygens (including phenoxy) is 3. The molecule has 3 fully saturated rings. The predicted octanol–water partition coefficient (Wildman–Crippen LogP) is 2.34. The average Bonchev–Trinajstić information content (AvgIpc) is 2.92. The molecule has 0 unspecified atom stereocenters. The van der Waals surface area contributed by atoms with Gasteiger partial charge in [-0.3, -0.25) is 14.3 Å². The number of fused-ring (bicyclic) bond motifs is 5. The minimum atomic E-state index is -0.347. The van der Waals surface area contributed by atoms with Gasteiger partial charge in [-0.1, -0.05) is 0 Å². The second-order valence-electron chi connectivity index (χ2n) is 9.73. The maximum Gasteiger partial charge on any atom is 0.332 e. The Morgan fingerprint density at radius 1 is 1.14 bits per heavy atom. The Kier molecular flexibility index (Phi) is 5.85. The lowest BCUT2D eigenvalue weighted by molar-refractivity contribution is -0.139. The molecule has 10 heteroatoms. The van der Waals surface area contributed by atoms with Crippen molar-refractivity contribution in [1.82, 2.24) is 19.4 Å². The molecule has 0 aromatic carbocycles. The molecule has 1 aliphatic carbocycles. The average molecular weight is 492 g/mol. The highest BCUT2D eigenvalue weighted by Crippen LogP contribution is 2.41. The molecule has 3 aromatic rings. The topological polar surface area (TPSA) is 108 Å². The number of carbonyl (C=O) groups excluding carboxylic acids is 1. The Morgan fingerprint density at radius 2 is 1.97 bits per heavy atom. The van der Waals surface area contributed by atoms with E-state index in [4.69, 9.17) is 14.2 Å². The van der Waals surface area contributed by atoms with E-state index in [1.54, 1.807) is 29.9 Å². The van der Waals surface area contributed by atoms with E-state index >= 15 is 0 Å². The van der Waals surface area contributed by atoms with Gasteiger partial charge in [-0.2, -0.15) is 4.98 Å².